The van der Waals surface area contributed by atoms with Crippen LogP contribution in [-0.2, 0) is 5.41 Å². The quantitative estimate of drug-likeness (QED) is 0.600. The Morgan fingerprint density at radius 2 is 2.00 bits per heavy atom. The molecule has 1 nitrogen and oxygen atoms in total. The molecule has 0 aromatic heterocycles. The van der Waals surface area contributed by atoms with E-state index in [9.17, 15) is 4.79 Å². The number of carbonyl (C=O) groups is 1. The minimum absolute atomic E-state index is 0.0127. The molecule has 1 heteroatoms. The van der Waals surface area contributed by atoms with Gasteiger partial charge in [0.05, 0.1) is 0 Å². The van der Waals surface area contributed by atoms with E-state index >= 15 is 0 Å². The van der Waals surface area contributed by atoms with Crippen LogP contribution in [0.1, 0.15) is 43.6 Å². The zero-order valence-corrected chi connectivity index (χ0v) is 8.64. The van der Waals surface area contributed by atoms with Crippen LogP contribution in [0.3, 0.4) is 0 Å². The largest absolute Gasteiger partial charge is 0.295 e. The van der Waals surface area contributed by atoms with Gasteiger partial charge in [0.25, 0.3) is 0 Å². The highest BCUT2D eigenvalue weighted by Crippen LogP contribution is 2.25. The molecule has 0 aliphatic rings. The van der Waals surface area contributed by atoms with Crippen LogP contribution in [0.15, 0.2) is 18.2 Å². The average Bonchev–Trinajstić information content (AvgIpc) is 2.03. The van der Waals surface area contributed by atoms with Gasteiger partial charge < -0.3 is 0 Å². The summed E-state index contributed by atoms with van der Waals surface area (Å²) < 4.78 is 0. The van der Waals surface area contributed by atoms with Crippen molar-refractivity contribution in [3.05, 3.63) is 35.4 Å². The Balaban J connectivity index is 3.28. The van der Waals surface area contributed by atoms with Crippen LogP contribution in [0.2, 0.25) is 0 Å². The van der Waals surface area contributed by atoms with E-state index < -0.39 is 0 Å². The second-order valence-corrected chi connectivity index (χ2v) is 4.28. The lowest BCUT2D eigenvalue weighted by Crippen LogP contribution is -2.15. The summed E-state index contributed by atoms with van der Waals surface area (Å²) in [6.45, 7) is 7.90. The van der Waals surface area contributed by atoms with Crippen molar-refractivity contribution >= 4 is 5.78 Å². The third-order valence-corrected chi connectivity index (χ3v) is 2.05. The molecule has 1 radical (unpaired) electrons. The van der Waals surface area contributed by atoms with E-state index in [1.54, 1.807) is 13.0 Å². The fourth-order valence-corrected chi connectivity index (χ4v) is 1.36. The molecule has 0 bridgehead atoms. The second kappa shape index (κ2) is 3.33. The lowest BCUT2D eigenvalue weighted by molar-refractivity contribution is 0.101. The van der Waals surface area contributed by atoms with E-state index in [1.165, 1.54) is 0 Å². The van der Waals surface area contributed by atoms with Gasteiger partial charge in [-0.25, -0.2) is 0 Å². The predicted octanol–water partition coefficient (Wildman–Crippen LogP) is 2.99. The standard InChI is InChI=1S/C12H15O/c1-9(13)10-7-5-6-8-11(10)12(2,3)4/h5,7-8H,1-4H3. The Morgan fingerprint density at radius 1 is 1.38 bits per heavy atom. The molecular weight excluding hydrogens is 160 g/mol. The van der Waals surface area contributed by atoms with Crippen molar-refractivity contribution in [2.24, 2.45) is 0 Å². The summed E-state index contributed by atoms with van der Waals surface area (Å²) in [6.07, 6.45) is 0. The first kappa shape index (κ1) is 9.97. The van der Waals surface area contributed by atoms with Crippen molar-refractivity contribution in [3.8, 4) is 0 Å². The second-order valence-electron chi connectivity index (χ2n) is 4.28. The Hall–Kier alpha value is -1.11. The number of ketones is 1. The fraction of sp³-hybridized carbons (Fsp3) is 0.417. The Morgan fingerprint density at radius 3 is 2.38 bits per heavy atom. The van der Waals surface area contributed by atoms with Gasteiger partial charge >= 0.3 is 0 Å². The molecule has 1 rings (SSSR count). The highest BCUT2D eigenvalue weighted by atomic mass is 16.1. The van der Waals surface area contributed by atoms with E-state index in [2.05, 4.69) is 26.8 Å². The minimum Gasteiger partial charge on any atom is -0.295 e. The highest BCUT2D eigenvalue weighted by Gasteiger charge is 2.18. The number of hydrogen-bond acceptors (Lipinski definition) is 1. The van der Waals surface area contributed by atoms with E-state index in [0.717, 1.165) is 11.1 Å². The summed E-state index contributed by atoms with van der Waals surface area (Å²) in [6, 6.07) is 8.53. The Labute approximate surface area is 79.8 Å². The van der Waals surface area contributed by atoms with Gasteiger partial charge in [0, 0.05) is 5.56 Å². The third-order valence-electron chi connectivity index (χ3n) is 2.05. The maximum Gasteiger partial charge on any atom is 0.160 e. The lowest BCUT2D eigenvalue weighted by Gasteiger charge is -2.21. The first-order valence-corrected chi connectivity index (χ1v) is 4.44. The number of Topliss-reactive ketones (excluding diaryl/α,β-unsaturated/α-hetero) is 1. The molecule has 1 aromatic rings. The topological polar surface area (TPSA) is 17.1 Å². The predicted molar refractivity (Wildman–Crippen MR) is 54.0 cm³/mol. The molecule has 0 spiro atoms. The number of benzene rings is 1. The van der Waals surface area contributed by atoms with Gasteiger partial charge in [0.15, 0.2) is 5.78 Å². The SMILES string of the molecule is CC(=O)c1cc[c]cc1C(C)(C)C. The van der Waals surface area contributed by atoms with Crippen molar-refractivity contribution in [3.63, 3.8) is 0 Å². The van der Waals surface area contributed by atoms with Crippen molar-refractivity contribution in [1.29, 1.82) is 0 Å². The van der Waals surface area contributed by atoms with E-state index in [-0.39, 0.29) is 11.2 Å². The van der Waals surface area contributed by atoms with Gasteiger partial charge in [-0.1, -0.05) is 32.9 Å². The molecule has 0 N–H and O–H groups in total. The van der Waals surface area contributed by atoms with Crippen molar-refractivity contribution in [1.82, 2.24) is 0 Å². The van der Waals surface area contributed by atoms with E-state index in [1.807, 2.05) is 12.1 Å². The van der Waals surface area contributed by atoms with Crippen molar-refractivity contribution in [2.45, 2.75) is 33.1 Å². The smallest absolute Gasteiger partial charge is 0.160 e. The Kier molecular flexibility index (Phi) is 2.55. The summed E-state index contributed by atoms with van der Waals surface area (Å²) >= 11 is 0. The van der Waals surface area contributed by atoms with Crippen LogP contribution in [0, 0.1) is 6.07 Å². The molecule has 0 fully saturated rings. The molecule has 0 unspecified atom stereocenters. The maximum absolute atomic E-state index is 11.3. The van der Waals surface area contributed by atoms with Crippen LogP contribution >= 0.6 is 0 Å². The highest BCUT2D eigenvalue weighted by molar-refractivity contribution is 5.95. The van der Waals surface area contributed by atoms with Crippen molar-refractivity contribution < 1.29 is 4.79 Å². The lowest BCUT2D eigenvalue weighted by atomic mass is 9.83. The first-order valence-electron chi connectivity index (χ1n) is 4.44. The summed E-state index contributed by atoms with van der Waals surface area (Å²) in [4.78, 5) is 11.3. The molecule has 0 amide bonds. The summed E-state index contributed by atoms with van der Waals surface area (Å²) in [5.41, 5.74) is 1.90. The minimum atomic E-state index is 0.0127. The zero-order valence-electron chi connectivity index (χ0n) is 8.64. The van der Waals surface area contributed by atoms with Crippen LogP contribution < -0.4 is 0 Å². The number of hydrogen-bond donors (Lipinski definition) is 0. The van der Waals surface area contributed by atoms with Crippen LogP contribution in [0.4, 0.5) is 0 Å². The summed E-state index contributed by atoms with van der Waals surface area (Å²) in [5, 5.41) is 0. The molecule has 0 heterocycles. The van der Waals surface area contributed by atoms with Gasteiger partial charge in [0.1, 0.15) is 0 Å². The molecule has 0 aliphatic heterocycles. The van der Waals surface area contributed by atoms with Crippen molar-refractivity contribution in [2.75, 3.05) is 0 Å². The van der Waals surface area contributed by atoms with Crippen LogP contribution in [0.25, 0.3) is 0 Å². The average molecular weight is 175 g/mol. The van der Waals surface area contributed by atoms with Gasteiger partial charge in [-0.3, -0.25) is 4.79 Å². The first-order chi connectivity index (χ1) is 5.93. The third kappa shape index (κ3) is 2.18. The van der Waals surface area contributed by atoms with E-state index in [4.69, 9.17) is 0 Å². The summed E-state index contributed by atoms with van der Waals surface area (Å²) in [7, 11) is 0. The number of rotatable bonds is 1. The van der Waals surface area contributed by atoms with Gasteiger partial charge in [-0.05, 0) is 30.0 Å². The molecule has 0 saturated carbocycles. The van der Waals surface area contributed by atoms with Crippen LogP contribution in [0.5, 0.6) is 0 Å². The number of carbonyl (C=O) groups excluding carboxylic acids is 1. The molecule has 13 heavy (non-hydrogen) atoms. The van der Waals surface area contributed by atoms with Gasteiger partial charge in [0.2, 0.25) is 0 Å². The normalized spacial score (nSPS) is 11.4. The summed E-state index contributed by atoms with van der Waals surface area (Å²) in [5.74, 6) is 0.124. The van der Waals surface area contributed by atoms with Gasteiger partial charge in [-0.15, -0.1) is 0 Å². The van der Waals surface area contributed by atoms with Gasteiger partial charge in [-0.2, -0.15) is 0 Å². The molecular formula is C12H15O. The molecule has 69 valence electrons. The molecule has 0 aliphatic carbocycles. The molecule has 0 atom stereocenters. The molecule has 1 aromatic carbocycles. The van der Waals surface area contributed by atoms with E-state index in [0.29, 0.717) is 0 Å². The Bertz CT molecular complexity index is 318. The monoisotopic (exact) mass is 175 g/mol. The molecule has 0 saturated heterocycles. The van der Waals surface area contributed by atoms with Crippen LogP contribution in [-0.4, -0.2) is 5.78 Å². The maximum atomic E-state index is 11.3. The fourth-order valence-electron chi connectivity index (χ4n) is 1.36. The zero-order chi connectivity index (χ0) is 10.1.